The maximum atomic E-state index is 10.5. The second-order valence-electron chi connectivity index (χ2n) is 2.02. The van der Waals surface area contributed by atoms with Gasteiger partial charge in [0.2, 0.25) is 0 Å². The molecule has 4 heteroatoms. The fraction of sp³-hybridized carbons (Fsp3) is 0.714. The van der Waals surface area contributed by atoms with Gasteiger partial charge < -0.3 is 4.74 Å². The van der Waals surface area contributed by atoms with E-state index < -0.39 is 0 Å². The normalized spacial score (nSPS) is 9.27. The van der Waals surface area contributed by atoms with Crippen LogP contribution < -0.4 is 0 Å². The third kappa shape index (κ3) is 7.39. The van der Waals surface area contributed by atoms with Crippen molar-refractivity contribution in [3.8, 4) is 0 Å². The van der Waals surface area contributed by atoms with Crippen LogP contribution in [0.3, 0.4) is 0 Å². The van der Waals surface area contributed by atoms with Crippen molar-refractivity contribution < 1.29 is 14.3 Å². The Bertz CT molecular complexity index is 145. The summed E-state index contributed by atoms with van der Waals surface area (Å²) in [6.07, 6.45) is 1.10. The molecule has 0 fully saturated rings. The molecule has 0 radical (unpaired) electrons. The summed E-state index contributed by atoms with van der Waals surface area (Å²) in [5.41, 5.74) is 0. The third-order valence-electron chi connectivity index (χ3n) is 1.06. The molecule has 11 heavy (non-hydrogen) atoms. The summed E-state index contributed by atoms with van der Waals surface area (Å²) in [6.45, 7) is 1.52. The number of hydrogen-bond donors (Lipinski definition) is 0. The minimum Gasteiger partial charge on any atom is -0.469 e. The van der Waals surface area contributed by atoms with E-state index >= 15 is 0 Å². The predicted octanol–water partition coefficient (Wildman–Crippen LogP) is 1.22. The molecule has 0 amide bonds. The zero-order chi connectivity index (χ0) is 8.69. The maximum Gasteiger partial charge on any atom is 0.305 e. The molecule has 0 heterocycles. The Labute approximate surface area is 70.5 Å². The summed E-state index contributed by atoms with van der Waals surface area (Å²) in [5, 5.41) is 0.0925. The molecule has 0 N–H and O–H groups in total. The van der Waals surface area contributed by atoms with Crippen LogP contribution in [-0.2, 0) is 14.3 Å². The van der Waals surface area contributed by atoms with Gasteiger partial charge in [0.15, 0.2) is 5.12 Å². The molecule has 0 saturated heterocycles. The van der Waals surface area contributed by atoms with Gasteiger partial charge in [-0.3, -0.25) is 9.59 Å². The summed E-state index contributed by atoms with van der Waals surface area (Å²) in [7, 11) is 1.36. The van der Waals surface area contributed by atoms with E-state index in [4.69, 9.17) is 0 Å². The SMILES string of the molecule is COC(=O)CCCSC(C)=O. The van der Waals surface area contributed by atoms with Crippen LogP contribution in [-0.4, -0.2) is 23.9 Å². The number of carbonyl (C=O) groups is 2. The molecule has 0 aliphatic rings. The van der Waals surface area contributed by atoms with E-state index in [0.29, 0.717) is 18.6 Å². The Morgan fingerprint density at radius 1 is 1.45 bits per heavy atom. The number of ether oxygens (including phenoxy) is 1. The second kappa shape index (κ2) is 6.22. The lowest BCUT2D eigenvalue weighted by atomic mass is 10.3. The number of methoxy groups -OCH3 is 1. The number of thioether (sulfide) groups is 1. The largest absolute Gasteiger partial charge is 0.469 e. The quantitative estimate of drug-likeness (QED) is 0.477. The molecular weight excluding hydrogens is 164 g/mol. The van der Waals surface area contributed by atoms with Gasteiger partial charge in [0, 0.05) is 19.1 Å². The highest BCUT2D eigenvalue weighted by Crippen LogP contribution is 2.05. The minimum absolute atomic E-state index is 0.0925. The molecule has 0 atom stereocenters. The highest BCUT2D eigenvalue weighted by atomic mass is 32.2. The summed E-state index contributed by atoms with van der Waals surface area (Å²) >= 11 is 1.24. The monoisotopic (exact) mass is 176 g/mol. The molecule has 0 aromatic carbocycles. The highest BCUT2D eigenvalue weighted by Gasteiger charge is 2.00. The lowest BCUT2D eigenvalue weighted by molar-refractivity contribution is -0.140. The molecule has 64 valence electrons. The smallest absolute Gasteiger partial charge is 0.305 e. The van der Waals surface area contributed by atoms with Gasteiger partial charge in [-0.1, -0.05) is 11.8 Å². The van der Waals surface area contributed by atoms with E-state index in [1.807, 2.05) is 0 Å². The van der Waals surface area contributed by atoms with Gasteiger partial charge in [-0.25, -0.2) is 0 Å². The second-order valence-corrected chi connectivity index (χ2v) is 3.29. The number of esters is 1. The average Bonchev–Trinajstić information content (AvgIpc) is 1.97. The predicted molar refractivity (Wildman–Crippen MR) is 44.4 cm³/mol. The molecule has 0 bridgehead atoms. The van der Waals surface area contributed by atoms with Crippen LogP contribution in [0.2, 0.25) is 0 Å². The summed E-state index contributed by atoms with van der Waals surface area (Å²) in [5.74, 6) is 0.485. The third-order valence-corrected chi connectivity index (χ3v) is 1.96. The fourth-order valence-corrected chi connectivity index (χ4v) is 1.11. The minimum atomic E-state index is -0.214. The van der Waals surface area contributed by atoms with Crippen molar-refractivity contribution in [2.45, 2.75) is 19.8 Å². The fourth-order valence-electron chi connectivity index (χ4n) is 0.534. The van der Waals surface area contributed by atoms with E-state index in [0.717, 1.165) is 0 Å². The van der Waals surface area contributed by atoms with Crippen LogP contribution >= 0.6 is 11.8 Å². The zero-order valence-electron chi connectivity index (χ0n) is 6.75. The molecule has 0 aliphatic carbocycles. The van der Waals surface area contributed by atoms with Gasteiger partial charge in [-0.05, 0) is 6.42 Å². The van der Waals surface area contributed by atoms with Crippen LogP contribution in [0.1, 0.15) is 19.8 Å². The Morgan fingerprint density at radius 2 is 2.09 bits per heavy atom. The molecule has 0 spiro atoms. The Balaban J connectivity index is 3.14. The topological polar surface area (TPSA) is 43.4 Å². The van der Waals surface area contributed by atoms with E-state index in [2.05, 4.69) is 4.74 Å². The van der Waals surface area contributed by atoms with Crippen molar-refractivity contribution in [3.05, 3.63) is 0 Å². The first-order valence-electron chi connectivity index (χ1n) is 3.37. The standard InChI is InChI=1S/C7H12O3S/c1-6(8)11-5-3-4-7(9)10-2/h3-5H2,1-2H3. The van der Waals surface area contributed by atoms with Crippen LogP contribution in [0.5, 0.6) is 0 Å². The Morgan fingerprint density at radius 3 is 2.55 bits per heavy atom. The van der Waals surface area contributed by atoms with Crippen molar-refractivity contribution in [1.82, 2.24) is 0 Å². The maximum absolute atomic E-state index is 10.5. The van der Waals surface area contributed by atoms with Crippen LogP contribution in [0.25, 0.3) is 0 Å². The lowest BCUT2D eigenvalue weighted by Gasteiger charge is -1.96. The summed E-state index contributed by atoms with van der Waals surface area (Å²) in [4.78, 5) is 20.9. The molecule has 3 nitrogen and oxygen atoms in total. The average molecular weight is 176 g/mol. The van der Waals surface area contributed by atoms with Crippen molar-refractivity contribution in [3.63, 3.8) is 0 Å². The van der Waals surface area contributed by atoms with Crippen molar-refractivity contribution in [2.24, 2.45) is 0 Å². The molecule has 0 saturated carbocycles. The van der Waals surface area contributed by atoms with E-state index in [-0.39, 0.29) is 11.1 Å². The number of carbonyl (C=O) groups excluding carboxylic acids is 2. The lowest BCUT2D eigenvalue weighted by Crippen LogP contribution is -2.00. The first kappa shape index (κ1) is 10.5. The summed E-state index contributed by atoms with van der Waals surface area (Å²) in [6, 6.07) is 0. The Kier molecular flexibility index (Phi) is 5.93. The zero-order valence-corrected chi connectivity index (χ0v) is 7.57. The van der Waals surface area contributed by atoms with E-state index in [9.17, 15) is 9.59 Å². The molecule has 0 aromatic rings. The van der Waals surface area contributed by atoms with Crippen molar-refractivity contribution >= 4 is 22.8 Å². The van der Waals surface area contributed by atoms with E-state index in [1.165, 1.54) is 25.8 Å². The highest BCUT2D eigenvalue weighted by molar-refractivity contribution is 8.13. The van der Waals surface area contributed by atoms with Crippen molar-refractivity contribution in [1.29, 1.82) is 0 Å². The van der Waals surface area contributed by atoms with Crippen molar-refractivity contribution in [2.75, 3.05) is 12.9 Å². The number of hydrogen-bond acceptors (Lipinski definition) is 4. The van der Waals surface area contributed by atoms with Gasteiger partial charge in [-0.15, -0.1) is 0 Å². The van der Waals surface area contributed by atoms with Crippen LogP contribution in [0.4, 0.5) is 0 Å². The van der Waals surface area contributed by atoms with Crippen LogP contribution in [0, 0.1) is 0 Å². The van der Waals surface area contributed by atoms with Gasteiger partial charge in [0.1, 0.15) is 0 Å². The van der Waals surface area contributed by atoms with Crippen LogP contribution in [0.15, 0.2) is 0 Å². The van der Waals surface area contributed by atoms with Gasteiger partial charge in [-0.2, -0.15) is 0 Å². The molecule has 0 rings (SSSR count). The first-order valence-corrected chi connectivity index (χ1v) is 4.35. The number of rotatable bonds is 4. The molecule has 0 aromatic heterocycles. The molecule has 0 unspecified atom stereocenters. The molecule has 0 aliphatic heterocycles. The Hall–Kier alpha value is -0.510. The first-order chi connectivity index (χ1) is 5.16. The van der Waals surface area contributed by atoms with E-state index in [1.54, 1.807) is 0 Å². The van der Waals surface area contributed by atoms with Gasteiger partial charge >= 0.3 is 5.97 Å². The molecular formula is C7H12O3S. The summed E-state index contributed by atoms with van der Waals surface area (Å²) < 4.78 is 4.42. The van der Waals surface area contributed by atoms with Gasteiger partial charge in [0.05, 0.1) is 7.11 Å². The van der Waals surface area contributed by atoms with Gasteiger partial charge in [0.25, 0.3) is 0 Å².